The van der Waals surface area contributed by atoms with E-state index in [1.54, 1.807) is 54.6 Å². The minimum Gasteiger partial charge on any atom is -0.465 e. The average Bonchev–Trinajstić information content (AvgIpc) is 3.06. The van der Waals surface area contributed by atoms with Crippen LogP contribution in [0.3, 0.4) is 0 Å². The van der Waals surface area contributed by atoms with Crippen LogP contribution >= 0.6 is 12.0 Å². The molecule has 0 saturated carbocycles. The van der Waals surface area contributed by atoms with Gasteiger partial charge in [0.2, 0.25) is 17.8 Å². The van der Waals surface area contributed by atoms with E-state index in [1.165, 1.54) is 19.2 Å². The van der Waals surface area contributed by atoms with Crippen molar-refractivity contribution in [2.24, 2.45) is 0 Å². The van der Waals surface area contributed by atoms with Gasteiger partial charge in [0, 0.05) is 22.0 Å². The van der Waals surface area contributed by atoms with Gasteiger partial charge in [0.1, 0.15) is 0 Å². The van der Waals surface area contributed by atoms with Crippen LogP contribution in [-0.2, 0) is 24.2 Å². The molecule has 0 bridgehead atoms. The van der Waals surface area contributed by atoms with Gasteiger partial charge in [-0.05, 0) is 88.3 Å². The second-order valence-electron chi connectivity index (χ2n) is 9.90. The van der Waals surface area contributed by atoms with Gasteiger partial charge in [0.25, 0.3) is 10.1 Å². The first-order valence-electron chi connectivity index (χ1n) is 13.6. The summed E-state index contributed by atoms with van der Waals surface area (Å²) >= 11 is 0.864. The molecule has 0 amide bonds. The molecule has 14 nitrogen and oxygen atoms in total. The Kier molecular flexibility index (Phi) is 9.12. The molecule has 0 aliphatic heterocycles. The van der Waals surface area contributed by atoms with E-state index >= 15 is 0 Å². The maximum Gasteiger partial charge on any atom is 0.337 e. The molecule has 5 N–H and O–H groups in total. The molecule has 0 saturated heterocycles. The third-order valence-electron chi connectivity index (χ3n) is 6.77. The Labute approximate surface area is 271 Å². The summed E-state index contributed by atoms with van der Waals surface area (Å²) in [6.45, 7) is 0. The number of anilines is 6. The lowest BCUT2D eigenvalue weighted by atomic mass is 10.1. The van der Waals surface area contributed by atoms with Crippen LogP contribution < -0.4 is 16.0 Å². The number of carbonyl (C=O) groups excluding carboxylic acids is 1. The topological polar surface area (TPSA) is 194 Å². The van der Waals surface area contributed by atoms with Gasteiger partial charge in [-0.15, -0.1) is 4.33 Å². The maximum absolute atomic E-state index is 12.1. The van der Waals surface area contributed by atoms with Crippen LogP contribution in [-0.4, -0.2) is 46.3 Å². The smallest absolute Gasteiger partial charge is 0.337 e. The summed E-state index contributed by atoms with van der Waals surface area (Å²) in [7, 11) is -3.04. The van der Waals surface area contributed by atoms with Crippen molar-refractivity contribution in [2.45, 2.75) is 9.79 Å². The van der Waals surface area contributed by atoms with Crippen molar-refractivity contribution in [3.05, 3.63) is 103 Å². The highest BCUT2D eigenvalue weighted by Gasteiger charge is 2.13. The van der Waals surface area contributed by atoms with E-state index < -0.39 is 16.1 Å². The van der Waals surface area contributed by atoms with Crippen molar-refractivity contribution in [1.29, 1.82) is 0 Å². The van der Waals surface area contributed by atoms with E-state index in [2.05, 4.69) is 40.3 Å². The van der Waals surface area contributed by atoms with E-state index in [9.17, 15) is 17.8 Å². The van der Waals surface area contributed by atoms with Crippen LogP contribution in [0.25, 0.3) is 21.5 Å². The van der Waals surface area contributed by atoms with Gasteiger partial charge in [0.15, 0.2) is 0 Å². The van der Waals surface area contributed by atoms with Crippen LogP contribution in [0, 0.1) is 0 Å². The van der Waals surface area contributed by atoms with Crippen LogP contribution in [0.1, 0.15) is 10.4 Å². The summed E-state index contributed by atoms with van der Waals surface area (Å²) in [5.41, 5.74) is 2.16. The monoisotopic (exact) mass is 672 g/mol. The molecule has 16 heteroatoms. The number of aromatic nitrogens is 3. The quantitative estimate of drug-likeness (QED) is 0.0314. The molecule has 6 aromatic rings. The lowest BCUT2D eigenvalue weighted by Crippen LogP contribution is -2.08. The predicted octanol–water partition coefficient (Wildman–Crippen LogP) is 6.87. The summed E-state index contributed by atoms with van der Waals surface area (Å²) in [5, 5.41) is 24.7. The summed E-state index contributed by atoms with van der Waals surface area (Å²) in [5.74, 6) is 0.0498. The summed E-state index contributed by atoms with van der Waals surface area (Å²) in [6.07, 6.45) is 0. The molecule has 1 heterocycles. The standard InChI is InChI=1S/C31H24N6O8S2/c1-43-28(38)22-3-2-4-23(15-22)32-29-35-30(33-24-9-5-20-16-26(46-45-44-39)11-7-18(20)13-24)37-31(36-29)34-25-10-6-21-17-27(47(40,41)42)12-8-19(21)14-25/h2-17,39H,1H3,(H,40,41,42)(H3,32,33,34,35,36,37). The molecule has 47 heavy (non-hydrogen) atoms. The number of fused-ring (bicyclic) bond motifs is 2. The molecule has 6 rings (SSSR count). The number of carbonyl (C=O) groups is 1. The van der Waals surface area contributed by atoms with Crippen molar-refractivity contribution in [3.63, 3.8) is 0 Å². The van der Waals surface area contributed by atoms with E-state index in [0.717, 1.165) is 27.7 Å². The normalized spacial score (nSPS) is 11.4. The fourth-order valence-electron chi connectivity index (χ4n) is 4.64. The Morgan fingerprint density at radius 3 is 1.81 bits per heavy atom. The molecule has 0 fully saturated rings. The number of nitrogens with one attached hydrogen (secondary N) is 3. The van der Waals surface area contributed by atoms with Crippen LogP contribution in [0.4, 0.5) is 34.9 Å². The second kappa shape index (κ2) is 13.6. The van der Waals surface area contributed by atoms with Crippen LogP contribution in [0.2, 0.25) is 0 Å². The molecule has 0 aliphatic rings. The van der Waals surface area contributed by atoms with E-state index in [4.69, 9.17) is 9.99 Å². The zero-order valence-corrected chi connectivity index (χ0v) is 25.9. The van der Waals surface area contributed by atoms with E-state index in [1.807, 2.05) is 30.3 Å². The molecular weight excluding hydrogens is 649 g/mol. The highest BCUT2D eigenvalue weighted by atomic mass is 32.2. The molecule has 238 valence electrons. The number of methoxy groups -OCH3 is 1. The highest BCUT2D eigenvalue weighted by Crippen LogP contribution is 2.29. The zero-order chi connectivity index (χ0) is 33.0. The number of ether oxygens (including phenoxy) is 1. The Bertz CT molecular complexity index is 2240. The van der Waals surface area contributed by atoms with Crippen LogP contribution in [0.5, 0.6) is 0 Å². The molecule has 0 radical (unpaired) electrons. The lowest BCUT2D eigenvalue weighted by molar-refractivity contribution is -0.432. The second-order valence-corrected chi connectivity index (χ2v) is 12.1. The molecule has 0 aliphatic carbocycles. The summed E-state index contributed by atoms with van der Waals surface area (Å²) in [4.78, 5) is 26.2. The van der Waals surface area contributed by atoms with Gasteiger partial charge >= 0.3 is 5.97 Å². The molecule has 0 atom stereocenters. The van der Waals surface area contributed by atoms with E-state index in [-0.39, 0.29) is 22.7 Å². The highest BCUT2D eigenvalue weighted by molar-refractivity contribution is 7.94. The van der Waals surface area contributed by atoms with Crippen molar-refractivity contribution >= 4 is 84.6 Å². The number of benzene rings is 5. The van der Waals surface area contributed by atoms with Crippen molar-refractivity contribution in [2.75, 3.05) is 23.1 Å². The van der Waals surface area contributed by atoms with Gasteiger partial charge < -0.3 is 20.7 Å². The number of hydrogen-bond donors (Lipinski definition) is 5. The van der Waals surface area contributed by atoms with Crippen LogP contribution in [0.15, 0.2) is 107 Å². The van der Waals surface area contributed by atoms with Crippen molar-refractivity contribution in [3.8, 4) is 0 Å². The number of hydrogen-bond acceptors (Lipinski definition) is 14. The SMILES string of the molecule is COC(=O)c1cccc(Nc2nc(Nc3ccc4cc(SOOO)ccc4c3)nc(Nc3ccc4cc(S(=O)(=O)O)ccc4c3)n2)c1. The third-order valence-corrected chi connectivity index (χ3v) is 8.19. The van der Waals surface area contributed by atoms with Gasteiger partial charge in [-0.2, -0.15) is 23.4 Å². The summed E-state index contributed by atoms with van der Waals surface area (Å²) < 4.78 is 41.9. The minimum absolute atomic E-state index is 0.166. The molecule has 0 unspecified atom stereocenters. The average molecular weight is 673 g/mol. The number of rotatable bonds is 11. The van der Waals surface area contributed by atoms with E-state index in [0.29, 0.717) is 33.4 Å². The first-order chi connectivity index (χ1) is 22.7. The minimum atomic E-state index is -4.34. The summed E-state index contributed by atoms with van der Waals surface area (Å²) in [6, 6.07) is 27.3. The Hall–Kier alpha value is -5.36. The van der Waals surface area contributed by atoms with Gasteiger partial charge in [-0.3, -0.25) is 4.55 Å². The van der Waals surface area contributed by atoms with Crippen molar-refractivity contribution < 1.29 is 37.1 Å². The van der Waals surface area contributed by atoms with Gasteiger partial charge in [-0.25, -0.2) is 10.1 Å². The maximum atomic E-state index is 12.1. The largest absolute Gasteiger partial charge is 0.465 e. The molecular formula is C31H24N6O8S2. The third kappa shape index (κ3) is 7.72. The Balaban J connectivity index is 1.32. The zero-order valence-electron chi connectivity index (χ0n) is 24.2. The molecule has 1 aromatic heterocycles. The number of esters is 1. The Morgan fingerprint density at radius 2 is 1.23 bits per heavy atom. The predicted molar refractivity (Wildman–Crippen MR) is 176 cm³/mol. The Morgan fingerprint density at radius 1 is 0.702 bits per heavy atom. The van der Waals surface area contributed by atoms with Crippen molar-refractivity contribution in [1.82, 2.24) is 15.0 Å². The first-order valence-corrected chi connectivity index (χ1v) is 15.8. The fourth-order valence-corrected chi connectivity index (χ4v) is 5.57. The fraction of sp³-hybridized carbons (Fsp3) is 0.0323. The molecule has 5 aromatic carbocycles. The van der Waals surface area contributed by atoms with Gasteiger partial charge in [0.05, 0.1) is 29.6 Å². The molecule has 0 spiro atoms. The lowest BCUT2D eigenvalue weighted by Gasteiger charge is -2.13. The van der Waals surface area contributed by atoms with Gasteiger partial charge in [-0.1, -0.05) is 35.4 Å². The first kappa shape index (κ1) is 31.6. The number of nitrogens with zero attached hydrogens (tertiary/aromatic N) is 3.